The van der Waals surface area contributed by atoms with E-state index >= 15 is 0 Å². The van der Waals surface area contributed by atoms with Crippen molar-refractivity contribution in [2.24, 2.45) is 0 Å². The Labute approximate surface area is 177 Å². The van der Waals surface area contributed by atoms with Gasteiger partial charge in [-0.2, -0.15) is 4.98 Å². The van der Waals surface area contributed by atoms with Crippen molar-refractivity contribution in [2.45, 2.75) is 0 Å². The summed E-state index contributed by atoms with van der Waals surface area (Å²) in [6, 6.07) is 8.52. The number of rotatable bonds is 6. The first-order valence-corrected chi connectivity index (χ1v) is 8.97. The zero-order valence-corrected chi connectivity index (χ0v) is 16.2. The molecule has 0 radical (unpaired) electrons. The predicted molar refractivity (Wildman–Crippen MR) is 108 cm³/mol. The SMILES string of the molecule is O=COn1c(=O)oc2ccc(Nc3nc(Nc4cc(F)cc(Cl)c4)ncc3Cl)cc21. The van der Waals surface area contributed by atoms with Crippen molar-refractivity contribution in [3.05, 3.63) is 69.0 Å². The summed E-state index contributed by atoms with van der Waals surface area (Å²) in [6.07, 6.45) is 1.35. The van der Waals surface area contributed by atoms with Crippen LogP contribution in [0.4, 0.5) is 27.5 Å². The normalized spacial score (nSPS) is 10.8. The van der Waals surface area contributed by atoms with Crippen LogP contribution in [0.5, 0.6) is 0 Å². The van der Waals surface area contributed by atoms with Crippen molar-refractivity contribution in [1.29, 1.82) is 0 Å². The fourth-order valence-corrected chi connectivity index (χ4v) is 2.98. The molecule has 0 bridgehead atoms. The molecule has 0 spiro atoms. The zero-order valence-electron chi connectivity index (χ0n) is 14.7. The van der Waals surface area contributed by atoms with E-state index in [4.69, 9.17) is 27.6 Å². The number of carbonyl (C=O) groups excluding carboxylic acids is 1. The van der Waals surface area contributed by atoms with E-state index in [1.54, 1.807) is 6.07 Å². The van der Waals surface area contributed by atoms with E-state index in [1.165, 1.54) is 36.5 Å². The summed E-state index contributed by atoms with van der Waals surface area (Å²) in [4.78, 5) is 35.3. The topological polar surface area (TPSA) is 111 Å². The molecule has 0 atom stereocenters. The van der Waals surface area contributed by atoms with Gasteiger partial charge in [0.25, 0.3) is 0 Å². The molecule has 2 heterocycles. The molecule has 0 saturated heterocycles. The molecule has 0 saturated carbocycles. The number of nitrogens with zero attached hydrogens (tertiary/aromatic N) is 3. The van der Waals surface area contributed by atoms with Gasteiger partial charge in [-0.15, -0.1) is 0 Å². The van der Waals surface area contributed by atoms with Crippen molar-refractivity contribution in [3.63, 3.8) is 0 Å². The molecular weight excluding hydrogens is 440 g/mol. The highest BCUT2D eigenvalue weighted by atomic mass is 35.5. The number of hydrogen-bond acceptors (Lipinski definition) is 8. The van der Waals surface area contributed by atoms with Crippen molar-refractivity contribution in [1.82, 2.24) is 14.7 Å². The number of oxazole rings is 1. The van der Waals surface area contributed by atoms with Crippen molar-refractivity contribution in [2.75, 3.05) is 10.6 Å². The Bertz CT molecular complexity index is 1300. The molecule has 152 valence electrons. The van der Waals surface area contributed by atoms with Gasteiger partial charge in [0.15, 0.2) is 11.4 Å². The van der Waals surface area contributed by atoms with E-state index in [-0.39, 0.29) is 39.4 Å². The van der Waals surface area contributed by atoms with Crippen LogP contribution in [0.25, 0.3) is 11.1 Å². The van der Waals surface area contributed by atoms with Gasteiger partial charge in [0.05, 0.1) is 6.20 Å². The summed E-state index contributed by atoms with van der Waals surface area (Å²) in [6.45, 7) is 0.106. The molecule has 0 amide bonds. The second-order valence-corrected chi connectivity index (χ2v) is 6.69. The fraction of sp³-hybridized carbons (Fsp3) is 0. The van der Waals surface area contributed by atoms with Gasteiger partial charge in [0.2, 0.25) is 5.95 Å². The Hall–Kier alpha value is -3.63. The van der Waals surface area contributed by atoms with Gasteiger partial charge < -0.3 is 19.9 Å². The zero-order chi connectivity index (χ0) is 21.3. The second kappa shape index (κ2) is 8.01. The van der Waals surface area contributed by atoms with Crippen LogP contribution in [0.3, 0.4) is 0 Å². The average molecular weight is 450 g/mol. The third-order valence-electron chi connectivity index (χ3n) is 3.81. The molecule has 0 aliphatic carbocycles. The monoisotopic (exact) mass is 449 g/mol. The number of nitrogens with one attached hydrogen (secondary N) is 2. The maximum Gasteiger partial charge on any atom is 0.453 e. The third kappa shape index (κ3) is 4.04. The molecule has 2 aromatic heterocycles. The molecule has 2 aromatic carbocycles. The lowest BCUT2D eigenvalue weighted by molar-refractivity contribution is -0.129. The molecular formula is C18H10Cl2FN5O4. The molecule has 4 aromatic rings. The summed E-state index contributed by atoms with van der Waals surface area (Å²) in [5.74, 6) is -1.01. The van der Waals surface area contributed by atoms with Gasteiger partial charge in [0.1, 0.15) is 16.4 Å². The number of aromatic nitrogens is 3. The first-order valence-electron chi connectivity index (χ1n) is 8.22. The van der Waals surface area contributed by atoms with Crippen LogP contribution in [0.2, 0.25) is 10.0 Å². The highest BCUT2D eigenvalue weighted by Crippen LogP contribution is 2.27. The number of carbonyl (C=O) groups is 1. The van der Waals surface area contributed by atoms with Gasteiger partial charge in [-0.05, 0) is 36.4 Å². The van der Waals surface area contributed by atoms with E-state index in [0.717, 1.165) is 0 Å². The molecule has 4 rings (SSSR count). The molecule has 2 N–H and O–H groups in total. The van der Waals surface area contributed by atoms with Gasteiger partial charge in [0, 0.05) is 16.4 Å². The number of hydrogen-bond donors (Lipinski definition) is 2. The van der Waals surface area contributed by atoms with Gasteiger partial charge in [-0.3, -0.25) is 4.79 Å². The number of fused-ring (bicyclic) bond motifs is 1. The van der Waals surface area contributed by atoms with Crippen molar-refractivity contribution >= 4 is 63.9 Å². The Morgan fingerprint density at radius 2 is 1.97 bits per heavy atom. The van der Waals surface area contributed by atoms with Crippen LogP contribution in [0.1, 0.15) is 0 Å². The number of anilines is 4. The highest BCUT2D eigenvalue weighted by molar-refractivity contribution is 6.33. The summed E-state index contributed by atoms with van der Waals surface area (Å²) < 4.78 is 19.2. The molecule has 30 heavy (non-hydrogen) atoms. The minimum atomic E-state index is -0.852. The van der Waals surface area contributed by atoms with E-state index in [9.17, 15) is 14.0 Å². The lowest BCUT2D eigenvalue weighted by Crippen LogP contribution is -2.21. The van der Waals surface area contributed by atoms with Crippen LogP contribution in [0.15, 0.2) is 51.8 Å². The predicted octanol–water partition coefficient (Wildman–Crippen LogP) is 3.90. The van der Waals surface area contributed by atoms with E-state index in [2.05, 4.69) is 25.4 Å². The van der Waals surface area contributed by atoms with Crippen LogP contribution < -0.4 is 21.2 Å². The molecule has 0 fully saturated rings. The van der Waals surface area contributed by atoms with Crippen LogP contribution in [-0.4, -0.2) is 21.2 Å². The van der Waals surface area contributed by atoms with E-state index in [0.29, 0.717) is 16.1 Å². The fourth-order valence-electron chi connectivity index (χ4n) is 2.62. The Kier molecular flexibility index (Phi) is 5.25. The first-order chi connectivity index (χ1) is 14.4. The Morgan fingerprint density at radius 3 is 2.73 bits per heavy atom. The maximum atomic E-state index is 13.5. The third-order valence-corrected chi connectivity index (χ3v) is 4.31. The highest BCUT2D eigenvalue weighted by Gasteiger charge is 2.13. The molecule has 0 aliphatic rings. The lowest BCUT2D eigenvalue weighted by atomic mass is 10.3. The van der Waals surface area contributed by atoms with E-state index < -0.39 is 11.6 Å². The summed E-state index contributed by atoms with van der Waals surface area (Å²) in [5, 5.41) is 6.21. The first kappa shape index (κ1) is 19.7. The quantitative estimate of drug-likeness (QED) is 0.426. The minimum absolute atomic E-state index is 0.106. The van der Waals surface area contributed by atoms with Gasteiger partial charge in [-0.1, -0.05) is 27.9 Å². The molecule has 12 heteroatoms. The van der Waals surface area contributed by atoms with Crippen molar-refractivity contribution < 1.29 is 18.4 Å². The average Bonchev–Trinajstić information content (AvgIpc) is 2.99. The molecule has 9 nitrogen and oxygen atoms in total. The molecule has 0 unspecified atom stereocenters. The largest absolute Gasteiger partial charge is 0.453 e. The maximum absolute atomic E-state index is 13.5. The Balaban J connectivity index is 1.64. The van der Waals surface area contributed by atoms with Crippen LogP contribution in [-0.2, 0) is 4.79 Å². The summed E-state index contributed by atoms with van der Waals surface area (Å²) in [7, 11) is 0. The Morgan fingerprint density at radius 1 is 1.13 bits per heavy atom. The minimum Gasteiger partial charge on any atom is -0.405 e. The van der Waals surface area contributed by atoms with Crippen LogP contribution in [0, 0.1) is 5.82 Å². The van der Waals surface area contributed by atoms with Crippen LogP contribution >= 0.6 is 23.2 Å². The molecule has 0 aliphatic heterocycles. The number of benzene rings is 2. The number of halogens is 3. The summed E-state index contributed by atoms with van der Waals surface area (Å²) >= 11 is 12.0. The van der Waals surface area contributed by atoms with E-state index in [1.807, 2.05) is 0 Å². The smallest absolute Gasteiger partial charge is 0.405 e. The van der Waals surface area contributed by atoms with Crippen molar-refractivity contribution in [3.8, 4) is 0 Å². The second-order valence-electron chi connectivity index (χ2n) is 5.84. The lowest BCUT2D eigenvalue weighted by Gasteiger charge is -2.10. The summed E-state index contributed by atoms with van der Waals surface area (Å²) in [5.41, 5.74) is 1.25. The standard InChI is InChI=1S/C18H10Cl2FN5O4/c19-9-3-10(21)5-12(4-9)24-17-22-7-13(20)16(25-17)23-11-1-2-15-14(6-11)26(29-8-27)18(28)30-15/h1-8H,(H2,22,23,24,25). The van der Waals surface area contributed by atoms with Gasteiger partial charge in [-0.25, -0.2) is 14.2 Å². The van der Waals surface area contributed by atoms with Gasteiger partial charge >= 0.3 is 12.2 Å².